The largest absolute Gasteiger partial charge is 0.497 e. The van der Waals surface area contributed by atoms with E-state index in [1.165, 1.54) is 19.3 Å². The highest BCUT2D eigenvalue weighted by Crippen LogP contribution is 2.26. The van der Waals surface area contributed by atoms with E-state index in [1.54, 1.807) is 20.4 Å². The molecule has 1 amide bonds. The second kappa shape index (κ2) is 9.78. The van der Waals surface area contributed by atoms with Crippen LogP contribution in [0, 0.1) is 0 Å². The van der Waals surface area contributed by atoms with Crippen molar-refractivity contribution in [1.82, 2.24) is 5.43 Å². The number of piperidine rings is 1. The van der Waals surface area contributed by atoms with Crippen LogP contribution in [-0.4, -0.2) is 39.4 Å². The van der Waals surface area contributed by atoms with Crippen molar-refractivity contribution in [3.8, 4) is 11.5 Å². The molecule has 0 radical (unpaired) electrons. The Labute approximate surface area is 166 Å². The van der Waals surface area contributed by atoms with Gasteiger partial charge >= 0.3 is 0 Å². The molecular formula is C22H27N3O3. The van der Waals surface area contributed by atoms with Crippen LogP contribution in [0.15, 0.2) is 47.6 Å². The monoisotopic (exact) mass is 381 g/mol. The Morgan fingerprint density at radius 1 is 1.11 bits per heavy atom. The lowest BCUT2D eigenvalue weighted by atomic mass is 10.1. The van der Waals surface area contributed by atoms with Crippen molar-refractivity contribution >= 4 is 17.8 Å². The molecule has 0 spiro atoms. The van der Waals surface area contributed by atoms with E-state index in [0.717, 1.165) is 41.4 Å². The summed E-state index contributed by atoms with van der Waals surface area (Å²) in [6.45, 7) is 2.16. The number of anilines is 1. The highest BCUT2D eigenvalue weighted by molar-refractivity contribution is 5.86. The fraction of sp³-hybridized carbons (Fsp3) is 0.364. The summed E-state index contributed by atoms with van der Waals surface area (Å²) >= 11 is 0. The molecule has 0 bridgehead atoms. The third kappa shape index (κ3) is 5.25. The predicted octanol–water partition coefficient (Wildman–Crippen LogP) is 3.39. The Hall–Kier alpha value is -3.02. The van der Waals surface area contributed by atoms with Gasteiger partial charge in [0.25, 0.3) is 0 Å². The standard InChI is InChI=1S/C22H27N3O3/c1-27-20-8-6-7-17(13-20)14-22(26)24-23-16-18-9-10-19(15-21(18)28-2)25-11-4-3-5-12-25/h6-10,13,15-16H,3-5,11-12,14H2,1-2H3,(H,24,26)/b23-16+. The summed E-state index contributed by atoms with van der Waals surface area (Å²) < 4.78 is 10.7. The molecule has 0 unspecified atom stereocenters. The van der Waals surface area contributed by atoms with E-state index < -0.39 is 0 Å². The molecule has 3 rings (SSSR count). The molecular weight excluding hydrogens is 354 g/mol. The fourth-order valence-electron chi connectivity index (χ4n) is 3.34. The average Bonchev–Trinajstić information content (AvgIpc) is 2.74. The van der Waals surface area contributed by atoms with Gasteiger partial charge in [-0.1, -0.05) is 12.1 Å². The van der Waals surface area contributed by atoms with Crippen molar-refractivity contribution in [2.24, 2.45) is 5.10 Å². The van der Waals surface area contributed by atoms with Crippen LogP contribution in [0.4, 0.5) is 5.69 Å². The van der Waals surface area contributed by atoms with Gasteiger partial charge in [0.2, 0.25) is 5.91 Å². The summed E-state index contributed by atoms with van der Waals surface area (Å²) in [5.41, 5.74) is 5.43. The van der Waals surface area contributed by atoms with E-state index in [4.69, 9.17) is 9.47 Å². The number of hydrogen-bond acceptors (Lipinski definition) is 5. The number of hydrazone groups is 1. The molecule has 0 saturated carbocycles. The first kappa shape index (κ1) is 19.7. The quantitative estimate of drug-likeness (QED) is 0.590. The minimum Gasteiger partial charge on any atom is -0.497 e. The molecule has 1 N–H and O–H groups in total. The molecule has 6 heteroatoms. The number of hydrogen-bond donors (Lipinski definition) is 1. The Bertz CT molecular complexity index is 830. The Morgan fingerprint density at radius 2 is 1.93 bits per heavy atom. The van der Waals surface area contributed by atoms with E-state index in [-0.39, 0.29) is 12.3 Å². The van der Waals surface area contributed by atoms with Gasteiger partial charge in [-0.05, 0) is 49.1 Å². The second-order valence-corrected chi connectivity index (χ2v) is 6.80. The van der Waals surface area contributed by atoms with Gasteiger partial charge in [0.05, 0.1) is 26.9 Å². The molecule has 28 heavy (non-hydrogen) atoms. The molecule has 2 aromatic carbocycles. The lowest BCUT2D eigenvalue weighted by molar-refractivity contribution is -0.120. The number of amides is 1. The molecule has 0 aliphatic carbocycles. The van der Waals surface area contributed by atoms with Crippen LogP contribution in [0.3, 0.4) is 0 Å². The Balaban J connectivity index is 1.60. The average molecular weight is 381 g/mol. The zero-order chi connectivity index (χ0) is 19.8. The van der Waals surface area contributed by atoms with Crippen molar-refractivity contribution in [2.75, 3.05) is 32.2 Å². The van der Waals surface area contributed by atoms with Gasteiger partial charge in [0.15, 0.2) is 0 Å². The van der Waals surface area contributed by atoms with E-state index in [0.29, 0.717) is 0 Å². The first-order valence-electron chi connectivity index (χ1n) is 9.57. The number of carbonyl (C=O) groups is 1. The number of nitrogens with zero attached hydrogens (tertiary/aromatic N) is 2. The lowest BCUT2D eigenvalue weighted by Gasteiger charge is -2.29. The Kier molecular flexibility index (Phi) is 6.89. The zero-order valence-corrected chi connectivity index (χ0v) is 16.5. The van der Waals surface area contributed by atoms with Crippen LogP contribution in [0.5, 0.6) is 11.5 Å². The van der Waals surface area contributed by atoms with E-state index in [1.807, 2.05) is 36.4 Å². The SMILES string of the molecule is COc1cccc(CC(=O)N/N=C/c2ccc(N3CCCCC3)cc2OC)c1. The Morgan fingerprint density at radius 3 is 2.68 bits per heavy atom. The number of benzene rings is 2. The number of ether oxygens (including phenoxy) is 2. The van der Waals surface area contributed by atoms with Crippen molar-refractivity contribution in [3.05, 3.63) is 53.6 Å². The molecule has 6 nitrogen and oxygen atoms in total. The van der Waals surface area contributed by atoms with Crippen molar-refractivity contribution in [2.45, 2.75) is 25.7 Å². The summed E-state index contributed by atoms with van der Waals surface area (Å²) in [6, 6.07) is 13.5. The van der Waals surface area contributed by atoms with E-state index >= 15 is 0 Å². The highest BCUT2D eigenvalue weighted by atomic mass is 16.5. The van der Waals surface area contributed by atoms with Crippen molar-refractivity contribution in [1.29, 1.82) is 0 Å². The van der Waals surface area contributed by atoms with Crippen LogP contribution in [0.25, 0.3) is 0 Å². The highest BCUT2D eigenvalue weighted by Gasteiger charge is 2.13. The molecule has 0 atom stereocenters. The van der Waals surface area contributed by atoms with Crippen LogP contribution in [0.1, 0.15) is 30.4 Å². The second-order valence-electron chi connectivity index (χ2n) is 6.80. The zero-order valence-electron chi connectivity index (χ0n) is 16.5. The molecule has 1 saturated heterocycles. The minimum absolute atomic E-state index is 0.187. The van der Waals surface area contributed by atoms with Gasteiger partial charge in [-0.25, -0.2) is 5.43 Å². The molecule has 1 aliphatic heterocycles. The molecule has 0 aromatic heterocycles. The van der Waals surface area contributed by atoms with Gasteiger partial charge in [-0.3, -0.25) is 4.79 Å². The summed E-state index contributed by atoms with van der Waals surface area (Å²) in [5, 5.41) is 4.08. The van der Waals surface area contributed by atoms with Crippen molar-refractivity contribution < 1.29 is 14.3 Å². The summed E-state index contributed by atoms with van der Waals surface area (Å²) in [5.74, 6) is 1.29. The van der Waals surface area contributed by atoms with Crippen LogP contribution in [0.2, 0.25) is 0 Å². The maximum atomic E-state index is 12.1. The minimum atomic E-state index is -0.187. The number of nitrogens with one attached hydrogen (secondary N) is 1. The molecule has 1 heterocycles. The first-order chi connectivity index (χ1) is 13.7. The van der Waals surface area contributed by atoms with Gasteiger partial charge in [0, 0.05) is 30.4 Å². The lowest BCUT2D eigenvalue weighted by Crippen LogP contribution is -2.29. The third-order valence-corrected chi connectivity index (χ3v) is 4.83. The summed E-state index contributed by atoms with van der Waals surface area (Å²) in [4.78, 5) is 14.5. The molecule has 1 aliphatic rings. The number of methoxy groups -OCH3 is 2. The van der Waals surface area contributed by atoms with Gasteiger partial charge < -0.3 is 14.4 Å². The normalized spacial score (nSPS) is 14.1. The summed E-state index contributed by atoms with van der Waals surface area (Å²) in [6.07, 6.45) is 5.60. The number of carbonyl (C=O) groups excluding carboxylic acids is 1. The van der Waals surface area contributed by atoms with E-state index in [9.17, 15) is 4.79 Å². The number of rotatable bonds is 7. The van der Waals surface area contributed by atoms with Crippen LogP contribution in [-0.2, 0) is 11.2 Å². The maximum Gasteiger partial charge on any atom is 0.244 e. The van der Waals surface area contributed by atoms with E-state index in [2.05, 4.69) is 21.5 Å². The van der Waals surface area contributed by atoms with Gasteiger partial charge in [-0.2, -0.15) is 5.10 Å². The first-order valence-corrected chi connectivity index (χ1v) is 9.57. The predicted molar refractivity (Wildman–Crippen MR) is 111 cm³/mol. The van der Waals surface area contributed by atoms with Gasteiger partial charge in [-0.15, -0.1) is 0 Å². The smallest absolute Gasteiger partial charge is 0.244 e. The van der Waals surface area contributed by atoms with Crippen LogP contribution < -0.4 is 19.8 Å². The van der Waals surface area contributed by atoms with Crippen molar-refractivity contribution in [3.63, 3.8) is 0 Å². The van der Waals surface area contributed by atoms with Gasteiger partial charge in [0.1, 0.15) is 11.5 Å². The maximum absolute atomic E-state index is 12.1. The molecule has 2 aromatic rings. The molecule has 1 fully saturated rings. The fourth-order valence-corrected chi connectivity index (χ4v) is 3.34. The topological polar surface area (TPSA) is 63.2 Å². The third-order valence-electron chi connectivity index (χ3n) is 4.83. The van der Waals surface area contributed by atoms with Crippen LogP contribution >= 0.6 is 0 Å². The molecule has 148 valence electrons. The summed E-state index contributed by atoms with van der Waals surface area (Å²) in [7, 11) is 3.25.